The quantitative estimate of drug-likeness (QED) is 0.800. The Kier molecular flexibility index (Phi) is 3.37. The molecule has 23 heavy (non-hydrogen) atoms. The summed E-state index contributed by atoms with van der Waals surface area (Å²) in [6, 6.07) is 6.71. The van der Waals surface area contributed by atoms with Crippen LogP contribution in [0.25, 0.3) is 0 Å². The lowest BCUT2D eigenvalue weighted by molar-refractivity contribution is -0.0589. The maximum absolute atomic E-state index is 12.1. The van der Waals surface area contributed by atoms with Crippen LogP contribution in [0.3, 0.4) is 0 Å². The lowest BCUT2D eigenvalue weighted by Gasteiger charge is -2.12. The van der Waals surface area contributed by atoms with Crippen LogP contribution in [-0.4, -0.2) is 39.9 Å². The number of nitrogens with zero attached hydrogens (tertiary/aromatic N) is 2. The van der Waals surface area contributed by atoms with Gasteiger partial charge in [-0.25, -0.2) is 4.79 Å². The minimum Gasteiger partial charge on any atom is -0.468 e. The fourth-order valence-electron chi connectivity index (χ4n) is 2.02. The van der Waals surface area contributed by atoms with Crippen molar-refractivity contribution in [3.63, 3.8) is 0 Å². The molecule has 0 atom stereocenters. The van der Waals surface area contributed by atoms with Crippen molar-refractivity contribution in [1.29, 1.82) is 0 Å². The van der Waals surface area contributed by atoms with Gasteiger partial charge >= 0.3 is 5.97 Å². The number of carbonyl (C=O) groups is 3. The van der Waals surface area contributed by atoms with E-state index in [1.807, 2.05) is 0 Å². The van der Waals surface area contributed by atoms with Gasteiger partial charge in [-0.3, -0.25) is 19.4 Å². The number of rotatable bonds is 3. The van der Waals surface area contributed by atoms with Gasteiger partial charge in [-0.1, -0.05) is 17.2 Å². The predicted molar refractivity (Wildman–Crippen MR) is 73.8 cm³/mol. The van der Waals surface area contributed by atoms with Crippen molar-refractivity contribution < 1.29 is 24.0 Å². The molecule has 1 aliphatic heterocycles. The summed E-state index contributed by atoms with van der Waals surface area (Å²) in [6.45, 7) is 0. The number of fused-ring (bicyclic) bond motifs is 1. The van der Waals surface area contributed by atoms with Crippen molar-refractivity contribution in [3.8, 4) is 6.01 Å². The minimum atomic E-state index is -1.14. The number of benzene rings is 1. The van der Waals surface area contributed by atoms with Crippen LogP contribution in [0.2, 0.25) is 0 Å². The summed E-state index contributed by atoms with van der Waals surface area (Å²) in [5.41, 5.74) is -0.795. The third-order valence-corrected chi connectivity index (χ3v) is 3.05. The van der Waals surface area contributed by atoms with Crippen LogP contribution in [0, 0.1) is 0 Å². The molecule has 1 N–H and O–H groups in total. The first kappa shape index (κ1) is 14.4. The van der Waals surface area contributed by atoms with Gasteiger partial charge in [0.1, 0.15) is 0 Å². The average molecular weight is 315 g/mol. The fourth-order valence-corrected chi connectivity index (χ4v) is 2.02. The van der Waals surface area contributed by atoms with Crippen molar-refractivity contribution in [3.05, 3.63) is 57.5 Å². The highest BCUT2D eigenvalue weighted by Gasteiger charge is 2.39. The lowest BCUT2D eigenvalue weighted by Crippen LogP contribution is -2.33. The van der Waals surface area contributed by atoms with Crippen molar-refractivity contribution in [2.24, 2.45) is 0 Å². The molecule has 0 radical (unpaired) electrons. The Hall–Kier alpha value is -3.49. The molecule has 0 unspecified atom stereocenters. The highest BCUT2D eigenvalue weighted by atomic mass is 16.7. The van der Waals surface area contributed by atoms with E-state index in [-0.39, 0.29) is 17.1 Å². The molecular weight excluding hydrogens is 306 g/mol. The molecule has 2 amide bonds. The maximum atomic E-state index is 12.1. The Morgan fingerprint density at radius 2 is 1.74 bits per heavy atom. The van der Waals surface area contributed by atoms with Crippen LogP contribution in [0.4, 0.5) is 0 Å². The third-order valence-electron chi connectivity index (χ3n) is 3.05. The molecule has 2 aromatic rings. The molecule has 1 aromatic heterocycles. The van der Waals surface area contributed by atoms with Gasteiger partial charge < -0.3 is 9.57 Å². The summed E-state index contributed by atoms with van der Waals surface area (Å²) in [6.07, 6.45) is 0. The first-order valence-corrected chi connectivity index (χ1v) is 6.36. The molecule has 1 aromatic carbocycles. The topological polar surface area (TPSA) is 119 Å². The van der Waals surface area contributed by atoms with E-state index >= 15 is 0 Å². The van der Waals surface area contributed by atoms with E-state index in [1.165, 1.54) is 19.2 Å². The molecule has 116 valence electrons. The zero-order valence-corrected chi connectivity index (χ0v) is 11.7. The second kappa shape index (κ2) is 5.37. The number of aromatic amines is 1. The summed E-state index contributed by atoms with van der Waals surface area (Å²) in [5, 5.41) is 0.336. The van der Waals surface area contributed by atoms with Gasteiger partial charge in [0.25, 0.3) is 23.4 Å². The Bertz CT molecular complexity index is 853. The molecule has 0 saturated heterocycles. The monoisotopic (exact) mass is 315 g/mol. The van der Waals surface area contributed by atoms with E-state index in [4.69, 9.17) is 9.57 Å². The second-order valence-electron chi connectivity index (χ2n) is 4.47. The molecule has 0 aliphatic carbocycles. The maximum Gasteiger partial charge on any atom is 0.382 e. The Balaban J connectivity index is 1.87. The number of carbonyl (C=O) groups excluding carboxylic acids is 3. The van der Waals surface area contributed by atoms with Gasteiger partial charge in [0.05, 0.1) is 18.2 Å². The number of ether oxygens (including phenoxy) is 1. The Labute approximate surface area is 128 Å². The molecule has 0 fully saturated rings. The van der Waals surface area contributed by atoms with Gasteiger partial charge in [0, 0.05) is 6.07 Å². The van der Waals surface area contributed by atoms with Crippen LogP contribution in [0.15, 0.2) is 35.1 Å². The van der Waals surface area contributed by atoms with Gasteiger partial charge in [-0.2, -0.15) is 4.98 Å². The molecule has 0 bridgehead atoms. The van der Waals surface area contributed by atoms with Crippen LogP contribution in [-0.2, 0) is 4.84 Å². The van der Waals surface area contributed by atoms with E-state index in [9.17, 15) is 19.2 Å². The first-order valence-electron chi connectivity index (χ1n) is 6.36. The largest absolute Gasteiger partial charge is 0.468 e. The van der Waals surface area contributed by atoms with E-state index in [0.29, 0.717) is 5.06 Å². The Morgan fingerprint density at radius 3 is 2.30 bits per heavy atom. The summed E-state index contributed by atoms with van der Waals surface area (Å²) in [4.78, 5) is 58.3. The number of methoxy groups -OCH3 is 1. The highest BCUT2D eigenvalue weighted by molar-refractivity contribution is 6.21. The molecule has 0 saturated carbocycles. The van der Waals surface area contributed by atoms with Crippen molar-refractivity contribution in [2.75, 3.05) is 7.11 Å². The van der Waals surface area contributed by atoms with Crippen molar-refractivity contribution in [2.45, 2.75) is 0 Å². The number of hydroxylamine groups is 2. The zero-order chi connectivity index (χ0) is 16.6. The second-order valence-corrected chi connectivity index (χ2v) is 4.47. The van der Waals surface area contributed by atoms with Crippen LogP contribution >= 0.6 is 0 Å². The van der Waals surface area contributed by atoms with Crippen LogP contribution in [0.1, 0.15) is 31.2 Å². The number of amides is 2. The van der Waals surface area contributed by atoms with Gasteiger partial charge in [-0.05, 0) is 12.1 Å². The summed E-state index contributed by atoms with van der Waals surface area (Å²) in [5.74, 6) is -2.67. The fraction of sp³-hybridized carbons (Fsp3) is 0.0714. The number of H-pyrrole nitrogens is 1. The number of hydrogen-bond acceptors (Lipinski definition) is 7. The van der Waals surface area contributed by atoms with Crippen LogP contribution < -0.4 is 10.3 Å². The molecule has 9 nitrogen and oxygen atoms in total. The Morgan fingerprint density at radius 1 is 1.13 bits per heavy atom. The SMILES string of the molecule is COc1nc(C(=O)ON2C(=O)c3ccccc3C2=O)cc(=O)[nH]1. The first-order chi connectivity index (χ1) is 11.0. The number of nitrogens with one attached hydrogen (secondary N) is 1. The van der Waals surface area contributed by atoms with E-state index < -0.39 is 29.0 Å². The highest BCUT2D eigenvalue weighted by Crippen LogP contribution is 2.23. The van der Waals surface area contributed by atoms with E-state index in [2.05, 4.69) is 9.97 Å². The van der Waals surface area contributed by atoms with Crippen molar-refractivity contribution in [1.82, 2.24) is 15.0 Å². The number of aromatic nitrogens is 2. The minimum absolute atomic E-state index is 0.127. The summed E-state index contributed by atoms with van der Waals surface area (Å²) < 4.78 is 4.73. The molecule has 9 heteroatoms. The molecule has 2 heterocycles. The molecular formula is C14H9N3O6. The van der Waals surface area contributed by atoms with Gasteiger partial charge in [-0.15, -0.1) is 0 Å². The predicted octanol–water partition coefficient (Wildman–Crippen LogP) is 0.146. The number of imide groups is 1. The van der Waals surface area contributed by atoms with Gasteiger partial charge in [0.15, 0.2) is 5.69 Å². The number of hydrogen-bond donors (Lipinski definition) is 1. The standard InChI is InChI=1S/C14H9N3O6/c1-22-14-15-9(6-10(18)16-14)13(21)23-17-11(19)7-4-2-3-5-8(7)12(17)20/h2-6H,1H3,(H,15,16,18). The molecule has 1 aliphatic rings. The normalized spacial score (nSPS) is 13.0. The molecule has 3 rings (SSSR count). The summed E-state index contributed by atoms with van der Waals surface area (Å²) in [7, 11) is 1.25. The summed E-state index contributed by atoms with van der Waals surface area (Å²) >= 11 is 0. The smallest absolute Gasteiger partial charge is 0.382 e. The van der Waals surface area contributed by atoms with Gasteiger partial charge in [0.2, 0.25) is 0 Å². The van der Waals surface area contributed by atoms with Crippen LogP contribution in [0.5, 0.6) is 6.01 Å². The van der Waals surface area contributed by atoms with Crippen molar-refractivity contribution >= 4 is 17.8 Å². The zero-order valence-electron chi connectivity index (χ0n) is 11.7. The third kappa shape index (κ3) is 2.44. The van der Waals surface area contributed by atoms with E-state index in [0.717, 1.165) is 6.07 Å². The van der Waals surface area contributed by atoms with E-state index in [1.54, 1.807) is 12.1 Å². The lowest BCUT2D eigenvalue weighted by atomic mass is 10.1. The average Bonchev–Trinajstić information content (AvgIpc) is 2.79. The molecule has 0 spiro atoms.